The summed E-state index contributed by atoms with van der Waals surface area (Å²) in [5.74, 6) is 0.110. The molecular weight excluding hydrogens is 256 g/mol. The molecule has 2 N–H and O–H groups in total. The van der Waals surface area contributed by atoms with E-state index in [0.29, 0.717) is 12.4 Å². The van der Waals surface area contributed by atoms with Gasteiger partial charge in [-0.1, -0.05) is 23.4 Å². The minimum atomic E-state index is -0.324. The van der Waals surface area contributed by atoms with Crippen LogP contribution in [0.4, 0.5) is 0 Å². The van der Waals surface area contributed by atoms with Crippen LogP contribution in [0.15, 0.2) is 28.8 Å². The maximum absolute atomic E-state index is 11.6. The average molecular weight is 274 g/mol. The van der Waals surface area contributed by atoms with Crippen molar-refractivity contribution in [2.24, 2.45) is 0 Å². The number of hydrogen-bond acceptors (Lipinski definition) is 5. The lowest BCUT2D eigenvalue weighted by atomic mass is 10.0. The lowest BCUT2D eigenvalue weighted by molar-refractivity contribution is 0.0942. The molecule has 106 valence electrons. The van der Waals surface area contributed by atoms with Crippen molar-refractivity contribution in [3.63, 3.8) is 0 Å². The van der Waals surface area contributed by atoms with Gasteiger partial charge in [0.2, 0.25) is 0 Å². The third kappa shape index (κ3) is 3.21. The average Bonchev–Trinajstić information content (AvgIpc) is 2.95. The molecule has 0 bridgehead atoms. The summed E-state index contributed by atoms with van der Waals surface area (Å²) in [6.45, 7) is 3.22. The van der Waals surface area contributed by atoms with Crippen LogP contribution in [0.2, 0.25) is 0 Å². The molecule has 2 aromatic rings. The number of aromatic nitrogens is 2. The molecule has 2 rings (SSSR count). The van der Waals surface area contributed by atoms with Crippen molar-refractivity contribution in [1.82, 2.24) is 20.8 Å². The van der Waals surface area contributed by atoms with E-state index >= 15 is 0 Å². The van der Waals surface area contributed by atoms with Crippen LogP contribution in [0.25, 0.3) is 11.5 Å². The zero-order chi connectivity index (χ0) is 14.4. The summed E-state index contributed by atoms with van der Waals surface area (Å²) < 4.78 is 5.20. The minimum absolute atomic E-state index is 0.0604. The van der Waals surface area contributed by atoms with Gasteiger partial charge in [0.15, 0.2) is 0 Å². The smallest absolute Gasteiger partial charge is 0.292 e. The highest BCUT2D eigenvalue weighted by atomic mass is 16.5. The Balaban J connectivity index is 2.25. The summed E-state index contributed by atoms with van der Waals surface area (Å²) in [6, 6.07) is 7.81. The molecule has 0 aliphatic heterocycles. The highest BCUT2D eigenvalue weighted by molar-refractivity contribution is 5.90. The fourth-order valence-electron chi connectivity index (χ4n) is 1.87. The molecule has 20 heavy (non-hydrogen) atoms. The van der Waals surface area contributed by atoms with E-state index in [9.17, 15) is 4.79 Å². The number of carbonyl (C=O) groups excluding carboxylic acids is 1. The van der Waals surface area contributed by atoms with Gasteiger partial charge in [-0.25, -0.2) is 0 Å². The van der Waals surface area contributed by atoms with E-state index in [1.54, 1.807) is 0 Å². The zero-order valence-electron chi connectivity index (χ0n) is 11.6. The highest BCUT2D eigenvalue weighted by Gasteiger charge is 2.16. The number of carbonyl (C=O) groups is 1. The molecule has 0 fully saturated rings. The molecule has 0 atom stereocenters. The molecule has 0 saturated carbocycles. The first kappa shape index (κ1) is 14.2. The van der Waals surface area contributed by atoms with E-state index in [0.717, 1.165) is 24.1 Å². The first-order valence-electron chi connectivity index (χ1n) is 6.61. The predicted molar refractivity (Wildman–Crippen MR) is 75.4 cm³/mol. The van der Waals surface area contributed by atoms with E-state index in [1.165, 1.54) is 0 Å². The van der Waals surface area contributed by atoms with Crippen molar-refractivity contribution in [1.29, 1.82) is 0 Å². The molecular formula is C14H18N4O2. The van der Waals surface area contributed by atoms with Gasteiger partial charge in [-0.15, -0.1) is 0 Å². The summed E-state index contributed by atoms with van der Waals surface area (Å²) in [5, 5.41) is 9.46. The highest BCUT2D eigenvalue weighted by Crippen LogP contribution is 2.22. The number of likely N-dealkylation sites (N-methyl/N-ethyl adjacent to an activating group) is 1. The van der Waals surface area contributed by atoms with E-state index in [1.807, 2.05) is 38.2 Å². The molecule has 0 unspecified atom stereocenters. The minimum Gasteiger partial charge on any atom is -0.349 e. The van der Waals surface area contributed by atoms with Crippen molar-refractivity contribution in [3.8, 4) is 11.5 Å². The second-order valence-corrected chi connectivity index (χ2v) is 4.29. The molecule has 1 heterocycles. The largest absolute Gasteiger partial charge is 0.349 e. The van der Waals surface area contributed by atoms with E-state index < -0.39 is 0 Å². The summed E-state index contributed by atoms with van der Waals surface area (Å²) in [7, 11) is 1.91. The van der Waals surface area contributed by atoms with Crippen LogP contribution >= 0.6 is 0 Å². The van der Waals surface area contributed by atoms with Crippen molar-refractivity contribution in [2.75, 3.05) is 20.1 Å². The van der Waals surface area contributed by atoms with Crippen LogP contribution in [0.1, 0.15) is 23.1 Å². The number of rotatable bonds is 6. The van der Waals surface area contributed by atoms with Crippen LogP contribution in [-0.4, -0.2) is 36.2 Å². The van der Waals surface area contributed by atoms with Gasteiger partial charge >= 0.3 is 0 Å². The Morgan fingerprint density at radius 3 is 2.90 bits per heavy atom. The van der Waals surface area contributed by atoms with Crippen molar-refractivity contribution >= 4 is 5.91 Å². The number of hydrogen-bond donors (Lipinski definition) is 2. The number of nitrogens with zero attached hydrogens (tertiary/aromatic N) is 2. The SMILES string of the molecule is CCNC(=O)c1noc(-c2ccccc2CCNC)n1. The third-order valence-corrected chi connectivity index (χ3v) is 2.86. The Kier molecular flexibility index (Phi) is 4.84. The number of nitrogens with one attached hydrogen (secondary N) is 2. The van der Waals surface area contributed by atoms with Gasteiger partial charge in [0.05, 0.1) is 0 Å². The van der Waals surface area contributed by atoms with Gasteiger partial charge in [0.1, 0.15) is 0 Å². The second-order valence-electron chi connectivity index (χ2n) is 4.29. The van der Waals surface area contributed by atoms with Gasteiger partial charge in [-0.2, -0.15) is 4.98 Å². The first-order valence-corrected chi connectivity index (χ1v) is 6.61. The summed E-state index contributed by atoms with van der Waals surface area (Å²) in [5.41, 5.74) is 1.97. The summed E-state index contributed by atoms with van der Waals surface area (Å²) in [4.78, 5) is 15.8. The van der Waals surface area contributed by atoms with E-state index in [4.69, 9.17) is 4.52 Å². The van der Waals surface area contributed by atoms with Crippen molar-refractivity contribution in [2.45, 2.75) is 13.3 Å². The molecule has 6 nitrogen and oxygen atoms in total. The fraction of sp³-hybridized carbons (Fsp3) is 0.357. The van der Waals surface area contributed by atoms with E-state index in [-0.39, 0.29) is 11.7 Å². The normalized spacial score (nSPS) is 10.5. The lowest BCUT2D eigenvalue weighted by Gasteiger charge is -2.05. The Morgan fingerprint density at radius 2 is 2.15 bits per heavy atom. The van der Waals surface area contributed by atoms with Gasteiger partial charge in [0.25, 0.3) is 17.6 Å². The number of benzene rings is 1. The predicted octanol–water partition coefficient (Wildman–Crippen LogP) is 1.25. The first-order chi connectivity index (χ1) is 9.76. The fourth-order valence-corrected chi connectivity index (χ4v) is 1.87. The van der Waals surface area contributed by atoms with Crippen molar-refractivity contribution in [3.05, 3.63) is 35.7 Å². The van der Waals surface area contributed by atoms with Crippen LogP contribution in [0.3, 0.4) is 0 Å². The Hall–Kier alpha value is -2.21. The van der Waals surface area contributed by atoms with Gasteiger partial charge < -0.3 is 15.2 Å². The summed E-state index contributed by atoms with van der Waals surface area (Å²) in [6.07, 6.45) is 0.853. The Morgan fingerprint density at radius 1 is 1.35 bits per heavy atom. The van der Waals surface area contributed by atoms with Gasteiger partial charge in [-0.05, 0) is 38.6 Å². The molecule has 0 aliphatic carbocycles. The molecule has 0 saturated heterocycles. The standard InChI is InChI=1S/C14H18N4O2/c1-3-16-13(19)12-17-14(20-18-12)11-7-5-4-6-10(11)8-9-15-2/h4-7,15H,3,8-9H2,1-2H3,(H,16,19). The van der Waals surface area contributed by atoms with Crippen molar-refractivity contribution < 1.29 is 9.32 Å². The molecule has 0 aliphatic rings. The van der Waals surface area contributed by atoms with Gasteiger partial charge in [-0.3, -0.25) is 4.79 Å². The van der Waals surface area contributed by atoms with Crippen LogP contribution < -0.4 is 10.6 Å². The Bertz CT molecular complexity index is 580. The van der Waals surface area contributed by atoms with Gasteiger partial charge in [0, 0.05) is 12.1 Å². The molecule has 1 aromatic heterocycles. The molecule has 1 amide bonds. The molecule has 0 radical (unpaired) electrons. The van der Waals surface area contributed by atoms with Crippen LogP contribution in [-0.2, 0) is 6.42 Å². The molecule has 1 aromatic carbocycles. The van der Waals surface area contributed by atoms with Crippen LogP contribution in [0, 0.1) is 0 Å². The zero-order valence-corrected chi connectivity index (χ0v) is 11.6. The molecule has 6 heteroatoms. The lowest BCUT2D eigenvalue weighted by Crippen LogP contribution is -2.23. The Labute approximate surface area is 117 Å². The van der Waals surface area contributed by atoms with Crippen LogP contribution in [0.5, 0.6) is 0 Å². The topological polar surface area (TPSA) is 80.0 Å². The maximum atomic E-state index is 11.6. The second kappa shape index (κ2) is 6.81. The summed E-state index contributed by atoms with van der Waals surface area (Å²) >= 11 is 0. The third-order valence-electron chi connectivity index (χ3n) is 2.86. The number of amides is 1. The maximum Gasteiger partial charge on any atom is 0.292 e. The monoisotopic (exact) mass is 274 g/mol. The molecule has 0 spiro atoms. The quantitative estimate of drug-likeness (QED) is 0.828. The van der Waals surface area contributed by atoms with E-state index in [2.05, 4.69) is 20.8 Å².